The molecule has 1 atom stereocenters. The number of sulfonamides is 1. The van der Waals surface area contributed by atoms with Gasteiger partial charge in [-0.25, -0.2) is 27.9 Å². The molecule has 11 heteroatoms. The number of primary sulfonamides is 1. The fourth-order valence-corrected chi connectivity index (χ4v) is 5.47. The minimum Gasteiger partial charge on any atom is -0.325 e. The number of nitrogens with one attached hydrogen (secondary N) is 1. The molecule has 0 fully saturated rings. The number of thioether (sulfide) groups is 1. The van der Waals surface area contributed by atoms with E-state index in [-0.39, 0.29) is 16.6 Å². The van der Waals surface area contributed by atoms with Crippen molar-refractivity contribution in [1.29, 1.82) is 0 Å². The fourth-order valence-electron chi connectivity index (χ4n) is 2.99. The third-order valence-corrected chi connectivity index (χ3v) is 7.48. The van der Waals surface area contributed by atoms with Crippen molar-refractivity contribution >= 4 is 54.9 Å². The summed E-state index contributed by atoms with van der Waals surface area (Å²) in [5, 5.41) is 10.7. The Labute approximate surface area is 192 Å². The van der Waals surface area contributed by atoms with Gasteiger partial charge in [-0.15, -0.1) is 11.3 Å². The van der Waals surface area contributed by atoms with Crippen LogP contribution in [0.3, 0.4) is 0 Å². The lowest BCUT2D eigenvalue weighted by Crippen LogP contribution is -2.23. The van der Waals surface area contributed by atoms with E-state index in [1.807, 2.05) is 5.38 Å². The van der Waals surface area contributed by atoms with Crippen molar-refractivity contribution in [3.05, 3.63) is 66.1 Å². The summed E-state index contributed by atoms with van der Waals surface area (Å²) in [5.74, 6) is -0.650. The Morgan fingerprint density at radius 3 is 2.66 bits per heavy atom. The zero-order valence-electron chi connectivity index (χ0n) is 16.7. The maximum Gasteiger partial charge on any atom is 0.238 e. The zero-order valence-corrected chi connectivity index (χ0v) is 19.1. The molecular weight excluding hydrogens is 471 g/mol. The molecule has 2 aromatic carbocycles. The van der Waals surface area contributed by atoms with E-state index in [0.717, 1.165) is 21.3 Å². The highest BCUT2D eigenvalue weighted by Gasteiger charge is 2.20. The normalized spacial score (nSPS) is 12.6. The first-order valence-corrected chi connectivity index (χ1v) is 12.6. The third kappa shape index (κ3) is 4.80. The van der Waals surface area contributed by atoms with Gasteiger partial charge in [0, 0.05) is 16.6 Å². The molecule has 0 unspecified atom stereocenters. The molecule has 4 aromatic rings. The van der Waals surface area contributed by atoms with Gasteiger partial charge in [0.15, 0.2) is 0 Å². The number of nitrogens with zero attached hydrogens (tertiary/aromatic N) is 2. The van der Waals surface area contributed by atoms with E-state index in [0.29, 0.717) is 10.7 Å². The second-order valence-corrected chi connectivity index (χ2v) is 10.6. The van der Waals surface area contributed by atoms with Crippen LogP contribution in [0.1, 0.15) is 6.92 Å². The van der Waals surface area contributed by atoms with Crippen LogP contribution in [0.25, 0.3) is 21.3 Å². The highest BCUT2D eigenvalue weighted by molar-refractivity contribution is 8.00. The Morgan fingerprint density at radius 2 is 1.94 bits per heavy atom. The number of carbonyl (C=O) groups is 1. The molecule has 0 radical (unpaired) electrons. The average Bonchev–Trinajstić information content (AvgIpc) is 3.19. The molecular formula is C21H17FN4O3S3. The van der Waals surface area contributed by atoms with Gasteiger partial charge in [-0.3, -0.25) is 4.79 Å². The van der Waals surface area contributed by atoms with E-state index in [2.05, 4.69) is 15.3 Å². The van der Waals surface area contributed by atoms with Gasteiger partial charge in [0.2, 0.25) is 15.9 Å². The van der Waals surface area contributed by atoms with Crippen molar-refractivity contribution in [2.45, 2.75) is 22.1 Å². The number of carbonyl (C=O) groups excluding carboxylic acids is 1. The summed E-state index contributed by atoms with van der Waals surface area (Å²) in [6, 6.07) is 11.9. The van der Waals surface area contributed by atoms with E-state index < -0.39 is 15.3 Å². The molecule has 164 valence electrons. The lowest BCUT2D eigenvalue weighted by Gasteiger charge is -2.13. The smallest absolute Gasteiger partial charge is 0.238 e. The minimum atomic E-state index is -3.88. The van der Waals surface area contributed by atoms with E-state index in [4.69, 9.17) is 5.14 Å². The first-order chi connectivity index (χ1) is 15.2. The van der Waals surface area contributed by atoms with Gasteiger partial charge in [0.25, 0.3) is 0 Å². The van der Waals surface area contributed by atoms with E-state index in [9.17, 15) is 17.6 Å². The zero-order chi connectivity index (χ0) is 22.9. The van der Waals surface area contributed by atoms with Gasteiger partial charge in [0.05, 0.1) is 15.5 Å². The van der Waals surface area contributed by atoms with Crippen LogP contribution in [0.2, 0.25) is 0 Å². The summed E-state index contributed by atoms with van der Waals surface area (Å²) < 4.78 is 36.4. The number of anilines is 1. The number of thiophene rings is 1. The molecule has 0 spiro atoms. The van der Waals surface area contributed by atoms with Crippen LogP contribution in [0, 0.1) is 5.82 Å². The largest absolute Gasteiger partial charge is 0.325 e. The molecule has 1 amide bonds. The van der Waals surface area contributed by atoms with E-state index in [1.165, 1.54) is 59.8 Å². The topological polar surface area (TPSA) is 115 Å². The van der Waals surface area contributed by atoms with Gasteiger partial charge >= 0.3 is 0 Å². The molecule has 32 heavy (non-hydrogen) atoms. The molecule has 0 aliphatic heterocycles. The molecule has 3 N–H and O–H groups in total. The lowest BCUT2D eigenvalue weighted by atomic mass is 10.1. The van der Waals surface area contributed by atoms with E-state index >= 15 is 0 Å². The summed E-state index contributed by atoms with van der Waals surface area (Å²) >= 11 is 2.69. The van der Waals surface area contributed by atoms with Crippen molar-refractivity contribution in [2.75, 3.05) is 5.32 Å². The molecule has 2 heterocycles. The highest BCUT2D eigenvalue weighted by Crippen LogP contribution is 2.39. The first-order valence-electron chi connectivity index (χ1n) is 9.31. The number of hydrogen-bond acceptors (Lipinski definition) is 7. The Kier molecular flexibility index (Phi) is 6.24. The van der Waals surface area contributed by atoms with E-state index in [1.54, 1.807) is 25.1 Å². The van der Waals surface area contributed by atoms with Crippen LogP contribution in [0.5, 0.6) is 0 Å². The minimum absolute atomic E-state index is 0.0877. The monoisotopic (exact) mass is 488 g/mol. The summed E-state index contributed by atoms with van der Waals surface area (Å²) in [6.07, 6.45) is 1.44. The summed E-state index contributed by atoms with van der Waals surface area (Å²) in [6.45, 7) is 1.72. The van der Waals surface area contributed by atoms with Crippen molar-refractivity contribution in [3.63, 3.8) is 0 Å². The van der Waals surface area contributed by atoms with Crippen molar-refractivity contribution in [2.24, 2.45) is 5.14 Å². The van der Waals surface area contributed by atoms with Gasteiger partial charge < -0.3 is 5.32 Å². The van der Waals surface area contributed by atoms with Gasteiger partial charge in [0.1, 0.15) is 22.0 Å². The highest BCUT2D eigenvalue weighted by atomic mass is 32.2. The number of aromatic nitrogens is 2. The number of nitrogens with two attached hydrogens (primary N) is 1. The number of amides is 1. The quantitative estimate of drug-likeness (QED) is 0.309. The second kappa shape index (κ2) is 8.94. The summed E-state index contributed by atoms with van der Waals surface area (Å²) in [5.41, 5.74) is 2.01. The Morgan fingerprint density at radius 1 is 1.19 bits per heavy atom. The molecule has 0 aliphatic carbocycles. The van der Waals surface area contributed by atoms with Crippen LogP contribution < -0.4 is 10.5 Å². The van der Waals surface area contributed by atoms with Crippen LogP contribution in [0.4, 0.5) is 10.1 Å². The van der Waals surface area contributed by atoms with Crippen LogP contribution in [0.15, 0.2) is 70.2 Å². The number of hydrogen-bond donors (Lipinski definition) is 2. The Bertz CT molecular complexity index is 1410. The Hall–Kier alpha value is -2.86. The molecule has 4 rings (SSSR count). The SMILES string of the molecule is C[C@@H](Sc1ncnc2scc(-c3ccc(F)cc3)c12)C(=O)Nc1cccc(S(N)(=O)=O)c1. The second-order valence-electron chi connectivity index (χ2n) is 6.84. The van der Waals surface area contributed by atoms with Gasteiger partial charge in [-0.2, -0.15) is 0 Å². The molecule has 0 aliphatic rings. The average molecular weight is 489 g/mol. The predicted molar refractivity (Wildman–Crippen MR) is 125 cm³/mol. The molecule has 0 saturated carbocycles. The Balaban J connectivity index is 1.59. The number of fused-ring (bicyclic) bond motifs is 1. The number of rotatable bonds is 6. The van der Waals surface area contributed by atoms with Crippen molar-refractivity contribution < 1.29 is 17.6 Å². The van der Waals surface area contributed by atoms with Crippen LogP contribution in [-0.4, -0.2) is 29.5 Å². The maximum atomic E-state index is 13.3. The van der Waals surface area contributed by atoms with Crippen LogP contribution in [-0.2, 0) is 14.8 Å². The molecule has 0 saturated heterocycles. The fraction of sp³-hybridized carbons (Fsp3) is 0.0952. The number of benzene rings is 2. The van der Waals surface area contributed by atoms with Crippen molar-refractivity contribution in [3.8, 4) is 11.1 Å². The summed E-state index contributed by atoms with van der Waals surface area (Å²) in [4.78, 5) is 22.1. The molecule has 0 bridgehead atoms. The van der Waals surface area contributed by atoms with Crippen LogP contribution >= 0.6 is 23.1 Å². The molecule has 2 aromatic heterocycles. The third-order valence-electron chi connectivity index (χ3n) is 4.58. The predicted octanol–water partition coefficient (Wildman–Crippen LogP) is 4.26. The maximum absolute atomic E-state index is 13.3. The number of halogens is 1. The lowest BCUT2D eigenvalue weighted by molar-refractivity contribution is -0.115. The van der Waals surface area contributed by atoms with Crippen molar-refractivity contribution in [1.82, 2.24) is 9.97 Å². The van der Waals surface area contributed by atoms with Gasteiger partial charge in [-0.05, 0) is 42.8 Å². The first kappa shape index (κ1) is 22.3. The summed E-state index contributed by atoms with van der Waals surface area (Å²) in [7, 11) is -3.88. The standard InChI is InChI=1S/C21H17FN4O3S3/c1-12(19(27)26-15-3-2-4-16(9-15)32(23,28)29)31-21-18-17(10-30-20(18)24-11-25-21)13-5-7-14(22)8-6-13/h2-12H,1H3,(H,26,27)(H2,23,28,29)/t12-/m1/s1. The molecule has 7 nitrogen and oxygen atoms in total. The van der Waals surface area contributed by atoms with Gasteiger partial charge in [-0.1, -0.05) is 30.0 Å².